The van der Waals surface area contributed by atoms with Crippen molar-refractivity contribution in [3.05, 3.63) is 35.9 Å². The number of hydrogen-bond acceptors (Lipinski definition) is 3. The zero-order valence-corrected chi connectivity index (χ0v) is 13.3. The highest BCUT2D eigenvalue weighted by Crippen LogP contribution is 2.34. The molecular weight excluding hydrogens is 276 g/mol. The molecule has 0 saturated carbocycles. The van der Waals surface area contributed by atoms with Gasteiger partial charge in [-0.05, 0) is 43.8 Å². The molecule has 1 amide bonds. The molecule has 4 nitrogen and oxygen atoms in total. The number of carbonyl (C=O) groups excluding carboxylic acids is 1. The lowest BCUT2D eigenvalue weighted by Crippen LogP contribution is -2.51. The third-order valence-corrected chi connectivity index (χ3v) is 4.90. The van der Waals surface area contributed by atoms with E-state index < -0.39 is 0 Å². The predicted molar refractivity (Wildman–Crippen MR) is 86.4 cm³/mol. The third-order valence-electron chi connectivity index (χ3n) is 4.90. The molecule has 4 heteroatoms. The maximum atomic E-state index is 12.8. The van der Waals surface area contributed by atoms with Gasteiger partial charge in [-0.1, -0.05) is 37.3 Å². The Labute approximate surface area is 132 Å². The van der Waals surface area contributed by atoms with Gasteiger partial charge in [-0.15, -0.1) is 0 Å². The van der Waals surface area contributed by atoms with E-state index in [0.717, 1.165) is 44.5 Å². The number of carbonyl (C=O) groups is 1. The molecule has 120 valence electrons. The summed E-state index contributed by atoms with van der Waals surface area (Å²) < 4.78 is 5.94. The summed E-state index contributed by atoms with van der Waals surface area (Å²) in [4.78, 5) is 12.8. The molecule has 2 aliphatic rings. The van der Waals surface area contributed by atoms with E-state index in [-0.39, 0.29) is 24.0 Å². The zero-order valence-electron chi connectivity index (χ0n) is 13.3. The third kappa shape index (κ3) is 3.50. The van der Waals surface area contributed by atoms with Crippen LogP contribution in [0.25, 0.3) is 0 Å². The summed E-state index contributed by atoms with van der Waals surface area (Å²) in [7, 11) is 0. The van der Waals surface area contributed by atoms with Crippen molar-refractivity contribution in [3.63, 3.8) is 0 Å². The molecule has 0 spiro atoms. The average molecular weight is 302 g/mol. The van der Waals surface area contributed by atoms with Gasteiger partial charge in [0.1, 0.15) is 0 Å². The molecule has 0 radical (unpaired) electrons. The molecule has 4 atom stereocenters. The van der Waals surface area contributed by atoms with Crippen LogP contribution in [0.15, 0.2) is 30.3 Å². The van der Waals surface area contributed by atoms with E-state index >= 15 is 0 Å². The first-order valence-corrected chi connectivity index (χ1v) is 8.43. The summed E-state index contributed by atoms with van der Waals surface area (Å²) >= 11 is 0. The minimum absolute atomic E-state index is 0.0711. The lowest BCUT2D eigenvalue weighted by molar-refractivity contribution is -0.136. The fraction of sp³-hybridized carbons (Fsp3) is 0.611. The first kappa shape index (κ1) is 15.5. The Kier molecular flexibility index (Phi) is 5.11. The summed E-state index contributed by atoms with van der Waals surface area (Å²) in [6.07, 6.45) is 2.77. The number of nitrogens with one attached hydrogen (secondary N) is 2. The van der Waals surface area contributed by atoms with Gasteiger partial charge >= 0.3 is 0 Å². The largest absolute Gasteiger partial charge is 0.373 e. The van der Waals surface area contributed by atoms with Crippen molar-refractivity contribution in [2.45, 2.75) is 38.3 Å². The first-order chi connectivity index (χ1) is 10.8. The molecule has 1 aromatic rings. The maximum Gasteiger partial charge on any atom is 0.226 e. The van der Waals surface area contributed by atoms with E-state index in [1.807, 2.05) is 18.2 Å². The SMILES string of the molecule is CC1CNCCC1NC(=O)C1CCCOC1c1ccccc1. The number of piperidine rings is 1. The summed E-state index contributed by atoms with van der Waals surface area (Å²) in [5.41, 5.74) is 1.11. The van der Waals surface area contributed by atoms with Gasteiger partial charge in [0.15, 0.2) is 0 Å². The molecule has 2 saturated heterocycles. The Morgan fingerprint density at radius 2 is 2.09 bits per heavy atom. The van der Waals surface area contributed by atoms with Gasteiger partial charge in [-0.2, -0.15) is 0 Å². The van der Waals surface area contributed by atoms with Crippen LogP contribution in [0.4, 0.5) is 0 Å². The van der Waals surface area contributed by atoms with Crippen molar-refractivity contribution < 1.29 is 9.53 Å². The molecule has 0 aliphatic carbocycles. The van der Waals surface area contributed by atoms with Crippen molar-refractivity contribution in [3.8, 4) is 0 Å². The summed E-state index contributed by atoms with van der Waals surface area (Å²) in [5, 5.41) is 6.66. The molecule has 22 heavy (non-hydrogen) atoms. The number of amides is 1. The van der Waals surface area contributed by atoms with E-state index in [9.17, 15) is 4.79 Å². The summed E-state index contributed by atoms with van der Waals surface area (Å²) in [6, 6.07) is 10.4. The van der Waals surface area contributed by atoms with E-state index in [1.165, 1.54) is 0 Å². The molecular formula is C18H26N2O2. The quantitative estimate of drug-likeness (QED) is 0.900. The molecule has 1 aromatic carbocycles. The highest BCUT2D eigenvalue weighted by atomic mass is 16.5. The van der Waals surface area contributed by atoms with Gasteiger partial charge in [0.25, 0.3) is 0 Å². The predicted octanol–water partition coefficient (Wildman–Crippen LogP) is 2.27. The van der Waals surface area contributed by atoms with Crippen molar-refractivity contribution in [1.29, 1.82) is 0 Å². The molecule has 3 rings (SSSR count). The van der Waals surface area contributed by atoms with Crippen molar-refractivity contribution >= 4 is 5.91 Å². The van der Waals surface area contributed by atoms with Crippen LogP contribution < -0.4 is 10.6 Å². The van der Waals surface area contributed by atoms with Crippen LogP contribution in [0.3, 0.4) is 0 Å². The number of benzene rings is 1. The van der Waals surface area contributed by atoms with E-state index in [0.29, 0.717) is 5.92 Å². The molecule has 4 unspecified atom stereocenters. The Bertz CT molecular complexity index is 491. The van der Waals surface area contributed by atoms with Gasteiger partial charge in [0.2, 0.25) is 5.91 Å². The van der Waals surface area contributed by atoms with Crippen LogP contribution in [0.5, 0.6) is 0 Å². The second-order valence-electron chi connectivity index (χ2n) is 6.54. The number of rotatable bonds is 3. The first-order valence-electron chi connectivity index (χ1n) is 8.43. The zero-order chi connectivity index (χ0) is 15.4. The molecule has 2 heterocycles. The molecule has 0 aromatic heterocycles. The fourth-order valence-electron chi connectivity index (χ4n) is 3.54. The Morgan fingerprint density at radius 1 is 1.27 bits per heavy atom. The van der Waals surface area contributed by atoms with Crippen LogP contribution in [-0.2, 0) is 9.53 Å². The summed E-state index contributed by atoms with van der Waals surface area (Å²) in [6.45, 7) is 4.91. The topological polar surface area (TPSA) is 50.4 Å². The van der Waals surface area contributed by atoms with Crippen LogP contribution in [-0.4, -0.2) is 31.6 Å². The van der Waals surface area contributed by atoms with Gasteiger partial charge in [-0.25, -0.2) is 0 Å². The normalized spacial score (nSPS) is 32.4. The molecule has 2 aliphatic heterocycles. The Morgan fingerprint density at radius 3 is 2.86 bits per heavy atom. The van der Waals surface area contributed by atoms with Crippen LogP contribution in [0.1, 0.15) is 37.9 Å². The highest BCUT2D eigenvalue weighted by molar-refractivity contribution is 5.80. The van der Waals surface area contributed by atoms with E-state index in [2.05, 4.69) is 29.7 Å². The van der Waals surface area contributed by atoms with Crippen LogP contribution in [0.2, 0.25) is 0 Å². The van der Waals surface area contributed by atoms with Gasteiger partial charge < -0.3 is 15.4 Å². The monoisotopic (exact) mass is 302 g/mol. The van der Waals surface area contributed by atoms with E-state index in [1.54, 1.807) is 0 Å². The minimum Gasteiger partial charge on any atom is -0.373 e. The minimum atomic E-state index is -0.105. The maximum absolute atomic E-state index is 12.8. The second kappa shape index (κ2) is 7.25. The highest BCUT2D eigenvalue weighted by Gasteiger charge is 2.34. The van der Waals surface area contributed by atoms with Crippen molar-refractivity contribution in [2.24, 2.45) is 11.8 Å². The molecule has 2 N–H and O–H groups in total. The lowest BCUT2D eigenvalue weighted by atomic mass is 9.87. The Hall–Kier alpha value is -1.39. The van der Waals surface area contributed by atoms with E-state index in [4.69, 9.17) is 4.74 Å². The Balaban J connectivity index is 1.69. The lowest BCUT2D eigenvalue weighted by Gasteiger charge is -2.35. The summed E-state index contributed by atoms with van der Waals surface area (Å²) in [5.74, 6) is 0.572. The number of hydrogen-bond donors (Lipinski definition) is 2. The van der Waals surface area contributed by atoms with Crippen molar-refractivity contribution in [1.82, 2.24) is 10.6 Å². The second-order valence-corrected chi connectivity index (χ2v) is 6.54. The smallest absolute Gasteiger partial charge is 0.226 e. The van der Waals surface area contributed by atoms with Crippen LogP contribution in [0, 0.1) is 11.8 Å². The number of ether oxygens (including phenoxy) is 1. The molecule has 2 fully saturated rings. The van der Waals surface area contributed by atoms with Crippen molar-refractivity contribution in [2.75, 3.05) is 19.7 Å². The standard InChI is InChI=1S/C18H26N2O2/c1-13-12-19-10-9-16(13)20-18(21)15-8-5-11-22-17(15)14-6-3-2-4-7-14/h2-4,6-7,13,15-17,19H,5,8-12H2,1H3,(H,20,21). The fourth-order valence-corrected chi connectivity index (χ4v) is 3.54. The van der Waals surface area contributed by atoms with Gasteiger partial charge in [0, 0.05) is 12.6 Å². The van der Waals surface area contributed by atoms with Gasteiger partial charge in [-0.3, -0.25) is 4.79 Å². The van der Waals surface area contributed by atoms with Crippen LogP contribution >= 0.6 is 0 Å². The average Bonchev–Trinajstić information content (AvgIpc) is 2.58. The molecule has 0 bridgehead atoms. The van der Waals surface area contributed by atoms with Gasteiger partial charge in [0.05, 0.1) is 12.0 Å².